The van der Waals surface area contributed by atoms with Crippen molar-refractivity contribution in [1.82, 2.24) is 9.97 Å². The summed E-state index contributed by atoms with van der Waals surface area (Å²) in [7, 11) is 0. The molecule has 0 saturated heterocycles. The maximum absolute atomic E-state index is 5.91. The zero-order valence-corrected chi connectivity index (χ0v) is 14.0. The Bertz CT molecular complexity index is 660. The van der Waals surface area contributed by atoms with Crippen LogP contribution in [0.25, 0.3) is 0 Å². The molecule has 0 bridgehead atoms. The first-order chi connectivity index (χ1) is 10.9. The quantitative estimate of drug-likeness (QED) is 0.655. The van der Waals surface area contributed by atoms with E-state index in [-0.39, 0.29) is 6.10 Å². The average Bonchev–Trinajstić information content (AvgIpc) is 2.46. The number of nitrogens with one attached hydrogen (secondary N) is 1. The summed E-state index contributed by atoms with van der Waals surface area (Å²) in [5.41, 5.74) is 8.54. The summed E-state index contributed by atoms with van der Waals surface area (Å²) in [6.07, 6.45) is 0.153. The van der Waals surface area contributed by atoms with Crippen LogP contribution in [-0.4, -0.2) is 22.0 Å². The maximum Gasteiger partial charge on any atom is 0.193 e. The minimum Gasteiger partial charge on any atom is -0.491 e. The largest absolute Gasteiger partial charge is 0.491 e. The van der Waals surface area contributed by atoms with Crippen LogP contribution in [0.3, 0.4) is 0 Å². The Morgan fingerprint density at radius 3 is 2.52 bits per heavy atom. The standard InChI is InChI=1S/C17H23N5O/c1-11(2)23-16-7-5-14(6-8-16)22-17(18)19-10-15-9-12(3)20-13(4)21-15/h5-9,11H,10H2,1-4H3,(H3,18,19,22). The second-order valence-electron chi connectivity index (χ2n) is 5.57. The molecule has 3 N–H and O–H groups in total. The van der Waals surface area contributed by atoms with Crippen LogP contribution in [0.1, 0.15) is 31.1 Å². The summed E-state index contributed by atoms with van der Waals surface area (Å²) >= 11 is 0. The number of guanidine groups is 1. The number of hydrogen-bond donors (Lipinski definition) is 2. The number of anilines is 1. The topological polar surface area (TPSA) is 85.4 Å². The van der Waals surface area contributed by atoms with Gasteiger partial charge in [0.2, 0.25) is 0 Å². The van der Waals surface area contributed by atoms with E-state index >= 15 is 0 Å². The van der Waals surface area contributed by atoms with Gasteiger partial charge in [0.25, 0.3) is 0 Å². The second kappa shape index (κ2) is 7.58. The summed E-state index contributed by atoms with van der Waals surface area (Å²) < 4.78 is 5.60. The first-order valence-corrected chi connectivity index (χ1v) is 7.57. The van der Waals surface area contributed by atoms with Crippen molar-refractivity contribution >= 4 is 11.6 Å². The first kappa shape index (κ1) is 16.7. The van der Waals surface area contributed by atoms with Gasteiger partial charge in [0, 0.05) is 11.4 Å². The number of nitrogens with two attached hydrogens (primary N) is 1. The van der Waals surface area contributed by atoms with Gasteiger partial charge in [-0.25, -0.2) is 15.0 Å². The molecule has 0 saturated carbocycles. The van der Waals surface area contributed by atoms with Crippen LogP contribution in [0.4, 0.5) is 5.69 Å². The molecule has 2 aromatic rings. The molecule has 6 nitrogen and oxygen atoms in total. The van der Waals surface area contributed by atoms with Gasteiger partial charge in [-0.3, -0.25) is 0 Å². The van der Waals surface area contributed by atoms with E-state index in [9.17, 15) is 0 Å². The van der Waals surface area contributed by atoms with E-state index in [2.05, 4.69) is 20.3 Å². The molecule has 2 rings (SSSR count). The smallest absolute Gasteiger partial charge is 0.193 e. The SMILES string of the molecule is Cc1cc(CN=C(N)Nc2ccc(OC(C)C)cc2)nc(C)n1. The lowest BCUT2D eigenvalue weighted by molar-refractivity contribution is 0.242. The van der Waals surface area contributed by atoms with Crippen molar-refractivity contribution in [3.05, 3.63) is 47.5 Å². The summed E-state index contributed by atoms with van der Waals surface area (Å²) in [5.74, 6) is 1.91. The highest BCUT2D eigenvalue weighted by molar-refractivity contribution is 5.92. The van der Waals surface area contributed by atoms with Gasteiger partial charge in [-0.1, -0.05) is 0 Å². The van der Waals surface area contributed by atoms with Crippen molar-refractivity contribution in [3.8, 4) is 5.75 Å². The Hall–Kier alpha value is -2.63. The van der Waals surface area contributed by atoms with Crippen LogP contribution in [0.2, 0.25) is 0 Å². The number of hydrogen-bond acceptors (Lipinski definition) is 4. The fourth-order valence-corrected chi connectivity index (χ4v) is 2.12. The van der Waals surface area contributed by atoms with Crippen molar-refractivity contribution in [2.24, 2.45) is 10.7 Å². The van der Waals surface area contributed by atoms with Gasteiger partial charge in [-0.05, 0) is 58.0 Å². The lowest BCUT2D eigenvalue weighted by Crippen LogP contribution is -2.22. The molecular weight excluding hydrogens is 290 g/mol. The van der Waals surface area contributed by atoms with Crippen LogP contribution in [0, 0.1) is 13.8 Å². The molecule has 23 heavy (non-hydrogen) atoms. The van der Waals surface area contributed by atoms with Crippen LogP contribution in [0.15, 0.2) is 35.3 Å². The third-order valence-electron chi connectivity index (χ3n) is 2.93. The minimum atomic E-state index is 0.153. The Labute approximate surface area is 136 Å². The van der Waals surface area contributed by atoms with Crippen LogP contribution >= 0.6 is 0 Å². The van der Waals surface area contributed by atoms with E-state index < -0.39 is 0 Å². The van der Waals surface area contributed by atoms with Gasteiger partial charge in [-0.15, -0.1) is 0 Å². The number of nitrogens with zero attached hydrogens (tertiary/aromatic N) is 3. The van der Waals surface area contributed by atoms with Crippen molar-refractivity contribution < 1.29 is 4.74 Å². The lowest BCUT2D eigenvalue weighted by atomic mass is 10.3. The van der Waals surface area contributed by atoms with Gasteiger partial charge >= 0.3 is 0 Å². The Morgan fingerprint density at radius 2 is 1.91 bits per heavy atom. The van der Waals surface area contributed by atoms with E-state index in [1.54, 1.807) is 0 Å². The molecule has 0 aliphatic heterocycles. The molecule has 0 radical (unpaired) electrons. The van der Waals surface area contributed by atoms with E-state index in [1.165, 1.54) is 0 Å². The van der Waals surface area contributed by atoms with Gasteiger partial charge in [0.15, 0.2) is 5.96 Å². The molecule has 0 spiro atoms. The summed E-state index contributed by atoms with van der Waals surface area (Å²) in [6.45, 7) is 8.20. The van der Waals surface area contributed by atoms with Gasteiger partial charge in [0.1, 0.15) is 11.6 Å². The zero-order chi connectivity index (χ0) is 16.8. The van der Waals surface area contributed by atoms with E-state index in [0.29, 0.717) is 12.5 Å². The maximum atomic E-state index is 5.91. The highest BCUT2D eigenvalue weighted by atomic mass is 16.5. The predicted octanol–water partition coefficient (Wildman–Crippen LogP) is 2.81. The number of aryl methyl sites for hydroxylation is 2. The number of benzene rings is 1. The molecule has 1 heterocycles. The number of aliphatic imine (C=N–C) groups is 1. The highest BCUT2D eigenvalue weighted by Crippen LogP contribution is 2.16. The lowest BCUT2D eigenvalue weighted by Gasteiger charge is -2.11. The van der Waals surface area contributed by atoms with E-state index in [4.69, 9.17) is 10.5 Å². The zero-order valence-electron chi connectivity index (χ0n) is 14.0. The minimum absolute atomic E-state index is 0.153. The summed E-state index contributed by atoms with van der Waals surface area (Å²) in [5, 5.41) is 3.05. The Balaban J connectivity index is 1.96. The average molecular weight is 313 g/mol. The molecule has 0 fully saturated rings. The number of aromatic nitrogens is 2. The van der Waals surface area contributed by atoms with Gasteiger partial charge in [-0.2, -0.15) is 0 Å². The molecule has 0 aliphatic carbocycles. The second-order valence-corrected chi connectivity index (χ2v) is 5.57. The monoisotopic (exact) mass is 313 g/mol. The number of ether oxygens (including phenoxy) is 1. The summed E-state index contributed by atoms with van der Waals surface area (Å²) in [4.78, 5) is 12.9. The predicted molar refractivity (Wildman–Crippen MR) is 92.7 cm³/mol. The Kier molecular flexibility index (Phi) is 5.51. The van der Waals surface area contributed by atoms with Crippen molar-refractivity contribution in [1.29, 1.82) is 0 Å². The van der Waals surface area contributed by atoms with E-state index in [1.807, 2.05) is 58.0 Å². The van der Waals surface area contributed by atoms with E-state index in [0.717, 1.165) is 28.6 Å². The van der Waals surface area contributed by atoms with Gasteiger partial charge in [0.05, 0.1) is 18.3 Å². The fourth-order valence-electron chi connectivity index (χ4n) is 2.12. The first-order valence-electron chi connectivity index (χ1n) is 7.57. The fraction of sp³-hybridized carbons (Fsp3) is 0.353. The molecule has 6 heteroatoms. The third-order valence-corrected chi connectivity index (χ3v) is 2.93. The van der Waals surface area contributed by atoms with Crippen LogP contribution < -0.4 is 15.8 Å². The normalized spacial score (nSPS) is 11.6. The molecule has 0 unspecified atom stereocenters. The van der Waals surface area contributed by atoms with Crippen LogP contribution in [-0.2, 0) is 6.54 Å². The van der Waals surface area contributed by atoms with Crippen molar-refractivity contribution in [3.63, 3.8) is 0 Å². The highest BCUT2D eigenvalue weighted by Gasteiger charge is 2.01. The molecule has 0 amide bonds. The van der Waals surface area contributed by atoms with Crippen LogP contribution in [0.5, 0.6) is 5.75 Å². The molecule has 1 aromatic carbocycles. The Morgan fingerprint density at radius 1 is 1.22 bits per heavy atom. The summed E-state index contributed by atoms with van der Waals surface area (Å²) in [6, 6.07) is 9.50. The molecule has 0 atom stereocenters. The third kappa shape index (κ3) is 5.58. The van der Waals surface area contributed by atoms with Crippen molar-refractivity contribution in [2.45, 2.75) is 40.3 Å². The molecule has 0 aliphatic rings. The number of rotatable bonds is 5. The molecule has 1 aromatic heterocycles. The molecular formula is C17H23N5O. The van der Waals surface area contributed by atoms with Crippen molar-refractivity contribution in [2.75, 3.05) is 5.32 Å². The van der Waals surface area contributed by atoms with Gasteiger partial charge < -0.3 is 15.8 Å². The molecule has 122 valence electrons.